The monoisotopic (exact) mass is 504 g/mol. The van der Waals surface area contributed by atoms with Crippen molar-refractivity contribution in [1.82, 2.24) is 5.32 Å². The smallest absolute Gasteiger partial charge is 0.126 e. The third kappa shape index (κ3) is 8.61. The van der Waals surface area contributed by atoms with E-state index in [9.17, 15) is 13.9 Å². The molecule has 0 saturated heterocycles. The highest BCUT2D eigenvalue weighted by Gasteiger charge is 2.16. The highest BCUT2D eigenvalue weighted by atomic mass is 127. The molecule has 0 bridgehead atoms. The number of nitrogens with two attached hydrogens (primary N) is 1. The third-order valence-corrected chi connectivity index (χ3v) is 4.13. The van der Waals surface area contributed by atoms with Gasteiger partial charge in [0.1, 0.15) is 11.6 Å². The van der Waals surface area contributed by atoms with Gasteiger partial charge in [-0.25, -0.2) is 8.78 Å². The Hall–Kier alpha value is -0.510. The van der Waals surface area contributed by atoms with Crippen LogP contribution in [0.15, 0.2) is 42.5 Å². The largest absolute Gasteiger partial charge is 0.390 e. The summed E-state index contributed by atoms with van der Waals surface area (Å²) in [4.78, 5) is 0. The molecular weight excluding hydrogens is 484 g/mol. The van der Waals surface area contributed by atoms with Gasteiger partial charge < -0.3 is 16.2 Å². The predicted molar refractivity (Wildman–Crippen MR) is 109 cm³/mol. The number of halogens is 5. The van der Waals surface area contributed by atoms with Crippen LogP contribution in [0.2, 0.25) is 0 Å². The average molecular weight is 505 g/mol. The molecular formula is C17H21Cl2F2IN2O. The van der Waals surface area contributed by atoms with Gasteiger partial charge in [-0.15, -0.1) is 24.8 Å². The van der Waals surface area contributed by atoms with E-state index in [1.54, 1.807) is 0 Å². The first kappa shape index (κ1) is 24.5. The summed E-state index contributed by atoms with van der Waals surface area (Å²) in [5.74, 6) is -1.28. The van der Waals surface area contributed by atoms with Crippen molar-refractivity contribution in [3.63, 3.8) is 0 Å². The molecule has 0 aliphatic heterocycles. The Balaban J connectivity index is 0.00000288. The van der Waals surface area contributed by atoms with E-state index in [0.717, 1.165) is 15.2 Å². The first-order chi connectivity index (χ1) is 10.9. The Morgan fingerprint density at radius 1 is 1.04 bits per heavy atom. The molecule has 0 fully saturated rings. The average Bonchev–Trinajstić information content (AvgIpc) is 2.46. The SMILES string of the molecule is Cl.Cl.N[C@@H](Cc1cc(F)cc(F)c1)[C@H](O)CNCc1cccc(I)c1. The fourth-order valence-corrected chi connectivity index (χ4v) is 2.91. The van der Waals surface area contributed by atoms with Gasteiger partial charge in [0.05, 0.1) is 6.10 Å². The van der Waals surface area contributed by atoms with E-state index in [1.807, 2.05) is 18.2 Å². The molecule has 2 rings (SSSR count). The second-order valence-corrected chi connectivity index (χ2v) is 6.72. The third-order valence-electron chi connectivity index (χ3n) is 3.46. The minimum absolute atomic E-state index is 0. The summed E-state index contributed by atoms with van der Waals surface area (Å²) in [6.45, 7) is 0.930. The molecule has 3 nitrogen and oxygen atoms in total. The number of benzene rings is 2. The lowest BCUT2D eigenvalue weighted by molar-refractivity contribution is 0.141. The molecule has 0 aliphatic rings. The lowest BCUT2D eigenvalue weighted by Crippen LogP contribution is -2.43. The second kappa shape index (κ2) is 12.0. The number of hydrogen-bond acceptors (Lipinski definition) is 3. The van der Waals surface area contributed by atoms with Crippen LogP contribution in [0.4, 0.5) is 8.78 Å². The minimum Gasteiger partial charge on any atom is -0.390 e. The highest BCUT2D eigenvalue weighted by molar-refractivity contribution is 14.1. The number of rotatable bonds is 7. The first-order valence-electron chi connectivity index (χ1n) is 7.28. The van der Waals surface area contributed by atoms with Gasteiger partial charge in [0.25, 0.3) is 0 Å². The molecule has 0 heterocycles. The van der Waals surface area contributed by atoms with Gasteiger partial charge in [0.15, 0.2) is 0 Å². The zero-order chi connectivity index (χ0) is 16.8. The van der Waals surface area contributed by atoms with Gasteiger partial charge in [-0.3, -0.25) is 0 Å². The lowest BCUT2D eigenvalue weighted by atomic mass is 10.0. The Bertz CT molecular complexity index is 644. The van der Waals surface area contributed by atoms with Gasteiger partial charge in [0, 0.05) is 28.8 Å². The fraction of sp³-hybridized carbons (Fsp3) is 0.294. The van der Waals surface area contributed by atoms with Crippen LogP contribution < -0.4 is 11.1 Å². The predicted octanol–water partition coefficient (Wildman–Crippen LogP) is 3.43. The van der Waals surface area contributed by atoms with Gasteiger partial charge in [-0.1, -0.05) is 12.1 Å². The van der Waals surface area contributed by atoms with Crippen molar-refractivity contribution in [1.29, 1.82) is 0 Å². The second-order valence-electron chi connectivity index (χ2n) is 5.47. The van der Waals surface area contributed by atoms with Crippen molar-refractivity contribution in [3.05, 3.63) is 68.8 Å². The van der Waals surface area contributed by atoms with Gasteiger partial charge in [-0.2, -0.15) is 0 Å². The van der Waals surface area contributed by atoms with E-state index >= 15 is 0 Å². The molecule has 8 heteroatoms. The van der Waals surface area contributed by atoms with E-state index in [0.29, 0.717) is 18.7 Å². The minimum atomic E-state index is -0.802. The zero-order valence-corrected chi connectivity index (χ0v) is 17.1. The zero-order valence-electron chi connectivity index (χ0n) is 13.3. The molecule has 2 aromatic rings. The normalized spacial score (nSPS) is 12.7. The van der Waals surface area contributed by atoms with Crippen molar-refractivity contribution in [2.75, 3.05) is 6.54 Å². The number of nitrogens with one attached hydrogen (secondary N) is 1. The van der Waals surface area contributed by atoms with Crippen molar-refractivity contribution in [2.24, 2.45) is 5.73 Å². The van der Waals surface area contributed by atoms with Gasteiger partial charge in [0.2, 0.25) is 0 Å². The van der Waals surface area contributed by atoms with Crippen LogP contribution in [0.25, 0.3) is 0 Å². The summed E-state index contributed by atoms with van der Waals surface area (Å²) >= 11 is 2.24. The molecule has 0 radical (unpaired) electrons. The van der Waals surface area contributed by atoms with E-state index < -0.39 is 23.8 Å². The van der Waals surface area contributed by atoms with Crippen LogP contribution in [0.3, 0.4) is 0 Å². The summed E-state index contributed by atoms with van der Waals surface area (Å²) < 4.78 is 27.4. The van der Waals surface area contributed by atoms with Crippen LogP contribution in [-0.2, 0) is 13.0 Å². The van der Waals surface area contributed by atoms with Crippen LogP contribution in [0.5, 0.6) is 0 Å². The molecule has 0 aromatic heterocycles. The number of aliphatic hydroxyl groups is 1. The van der Waals surface area contributed by atoms with Crippen molar-refractivity contribution >= 4 is 47.4 Å². The maximum Gasteiger partial charge on any atom is 0.126 e. The van der Waals surface area contributed by atoms with Crippen molar-refractivity contribution < 1.29 is 13.9 Å². The molecule has 0 amide bonds. The highest BCUT2D eigenvalue weighted by Crippen LogP contribution is 2.11. The van der Waals surface area contributed by atoms with Crippen molar-refractivity contribution in [2.45, 2.75) is 25.1 Å². The lowest BCUT2D eigenvalue weighted by Gasteiger charge is -2.19. The van der Waals surface area contributed by atoms with Gasteiger partial charge in [-0.05, 0) is 64.4 Å². The molecule has 25 heavy (non-hydrogen) atoms. The number of aliphatic hydroxyl groups excluding tert-OH is 1. The van der Waals surface area contributed by atoms with Crippen molar-refractivity contribution in [3.8, 4) is 0 Å². The van der Waals surface area contributed by atoms with Crippen LogP contribution in [0.1, 0.15) is 11.1 Å². The molecule has 2 aromatic carbocycles. The standard InChI is InChI=1S/C17H19F2IN2O.2ClH/c18-13-4-12(5-14(19)8-13)7-16(21)17(23)10-22-9-11-2-1-3-15(20)6-11;;/h1-6,8,16-17,22-23H,7,9-10,21H2;2*1H/t16-,17+;;/m0../s1. The molecule has 4 N–H and O–H groups in total. The first-order valence-corrected chi connectivity index (χ1v) is 8.35. The van der Waals surface area contributed by atoms with E-state index in [4.69, 9.17) is 5.73 Å². The Kier molecular flexibility index (Phi) is 11.7. The summed E-state index contributed by atoms with van der Waals surface area (Å²) in [6.07, 6.45) is -0.593. The Labute approximate surface area is 172 Å². The quantitative estimate of drug-likeness (QED) is 0.506. The van der Waals surface area contributed by atoms with Crippen LogP contribution >= 0.6 is 47.4 Å². The topological polar surface area (TPSA) is 58.3 Å². The summed E-state index contributed by atoms with van der Waals surface area (Å²) in [7, 11) is 0. The Morgan fingerprint density at radius 3 is 2.28 bits per heavy atom. The van der Waals surface area contributed by atoms with Gasteiger partial charge >= 0.3 is 0 Å². The van der Waals surface area contributed by atoms with E-state index in [-0.39, 0.29) is 31.2 Å². The van der Waals surface area contributed by atoms with E-state index in [2.05, 4.69) is 34.0 Å². The van der Waals surface area contributed by atoms with Crippen LogP contribution in [0, 0.1) is 15.2 Å². The molecule has 2 atom stereocenters. The molecule has 0 saturated carbocycles. The maximum absolute atomic E-state index is 13.1. The molecule has 0 spiro atoms. The molecule has 140 valence electrons. The van der Waals surface area contributed by atoms with E-state index in [1.165, 1.54) is 12.1 Å². The maximum atomic E-state index is 13.1. The summed E-state index contributed by atoms with van der Waals surface area (Å²) in [6, 6.07) is 10.7. The summed E-state index contributed by atoms with van der Waals surface area (Å²) in [5, 5.41) is 13.2. The molecule has 0 unspecified atom stereocenters. The fourth-order valence-electron chi connectivity index (χ4n) is 2.30. The summed E-state index contributed by atoms with van der Waals surface area (Å²) in [5.41, 5.74) is 7.47. The molecule has 0 aliphatic carbocycles. The number of hydrogen-bond donors (Lipinski definition) is 3. The van der Waals surface area contributed by atoms with Crippen LogP contribution in [-0.4, -0.2) is 23.8 Å². The Morgan fingerprint density at radius 2 is 1.68 bits per heavy atom.